The summed E-state index contributed by atoms with van der Waals surface area (Å²) in [5.41, 5.74) is 5.30. The third-order valence-electron chi connectivity index (χ3n) is 0.990. The molecule has 5 nitrogen and oxygen atoms in total. The number of anilines is 2. The Labute approximate surface area is 65.4 Å². The number of H-pyrrole nitrogens is 1. The quantitative estimate of drug-likeness (QED) is 0.554. The summed E-state index contributed by atoms with van der Waals surface area (Å²) in [6, 6.07) is 0. The molecule has 62 valence electrons. The van der Waals surface area contributed by atoms with Crippen LogP contribution in [-0.2, 0) is 0 Å². The molecule has 4 N–H and O–H groups in total. The summed E-state index contributed by atoms with van der Waals surface area (Å²) in [6.07, 6.45) is 0. The van der Waals surface area contributed by atoms with Gasteiger partial charge in [-0.25, -0.2) is 5.10 Å². The van der Waals surface area contributed by atoms with Gasteiger partial charge in [0, 0.05) is 5.54 Å². The van der Waals surface area contributed by atoms with Gasteiger partial charge < -0.3 is 11.1 Å². The normalized spacial score (nSPS) is 11.5. The summed E-state index contributed by atoms with van der Waals surface area (Å²) >= 11 is 0. The average Bonchev–Trinajstić information content (AvgIpc) is 2.10. The van der Waals surface area contributed by atoms with Gasteiger partial charge in [0.25, 0.3) is 0 Å². The van der Waals surface area contributed by atoms with Crippen LogP contribution in [-0.4, -0.2) is 20.7 Å². The van der Waals surface area contributed by atoms with E-state index in [1.165, 1.54) is 0 Å². The Balaban J connectivity index is 2.65. The van der Waals surface area contributed by atoms with Crippen LogP contribution in [0.25, 0.3) is 0 Å². The van der Waals surface area contributed by atoms with E-state index in [-0.39, 0.29) is 5.54 Å². The van der Waals surface area contributed by atoms with E-state index in [1.807, 2.05) is 20.8 Å². The zero-order valence-electron chi connectivity index (χ0n) is 6.97. The van der Waals surface area contributed by atoms with Crippen molar-refractivity contribution >= 4 is 11.9 Å². The van der Waals surface area contributed by atoms with Crippen molar-refractivity contribution < 1.29 is 0 Å². The molecule has 0 aliphatic carbocycles. The van der Waals surface area contributed by atoms with E-state index >= 15 is 0 Å². The number of rotatable bonds is 1. The lowest BCUT2D eigenvalue weighted by Crippen LogP contribution is -2.26. The molecule has 0 aliphatic heterocycles. The second-order valence-electron chi connectivity index (χ2n) is 3.42. The minimum atomic E-state index is -0.0331. The molecule has 1 aromatic heterocycles. The number of nitrogens with one attached hydrogen (secondary N) is 2. The highest BCUT2D eigenvalue weighted by molar-refractivity contribution is 5.31. The predicted molar refractivity (Wildman–Crippen MR) is 44.2 cm³/mol. The fourth-order valence-electron chi connectivity index (χ4n) is 0.666. The minimum Gasteiger partial charge on any atom is -0.368 e. The molecule has 0 amide bonds. The Bertz CT molecular complexity index is 233. The van der Waals surface area contributed by atoms with E-state index in [0.717, 1.165) is 0 Å². The van der Waals surface area contributed by atoms with Crippen LogP contribution in [0, 0.1) is 0 Å². The van der Waals surface area contributed by atoms with E-state index in [4.69, 9.17) is 5.73 Å². The third kappa shape index (κ3) is 2.45. The van der Waals surface area contributed by atoms with E-state index in [2.05, 4.69) is 20.5 Å². The van der Waals surface area contributed by atoms with E-state index in [0.29, 0.717) is 11.9 Å². The van der Waals surface area contributed by atoms with E-state index < -0.39 is 0 Å². The van der Waals surface area contributed by atoms with Crippen LogP contribution in [0.2, 0.25) is 0 Å². The number of aromatic amines is 1. The lowest BCUT2D eigenvalue weighted by atomic mass is 10.1. The second-order valence-corrected chi connectivity index (χ2v) is 3.42. The van der Waals surface area contributed by atoms with Gasteiger partial charge in [-0.2, -0.15) is 4.98 Å². The van der Waals surface area contributed by atoms with Crippen LogP contribution in [0.1, 0.15) is 20.8 Å². The molecule has 0 spiro atoms. The third-order valence-corrected chi connectivity index (χ3v) is 0.990. The summed E-state index contributed by atoms with van der Waals surface area (Å²) in [5, 5.41) is 9.44. The van der Waals surface area contributed by atoms with Gasteiger partial charge >= 0.3 is 0 Å². The van der Waals surface area contributed by atoms with Crippen LogP contribution < -0.4 is 11.1 Å². The maximum absolute atomic E-state index is 5.33. The van der Waals surface area contributed by atoms with Crippen LogP contribution in [0.5, 0.6) is 0 Å². The molecule has 0 aromatic carbocycles. The highest BCUT2D eigenvalue weighted by Gasteiger charge is 2.11. The number of hydrogen-bond acceptors (Lipinski definition) is 4. The van der Waals surface area contributed by atoms with Crippen molar-refractivity contribution in [2.75, 3.05) is 11.1 Å². The van der Waals surface area contributed by atoms with Crippen LogP contribution >= 0.6 is 0 Å². The monoisotopic (exact) mass is 155 g/mol. The SMILES string of the molecule is CC(C)(C)Nc1n[nH]c(N)n1. The Morgan fingerprint density at radius 2 is 2.09 bits per heavy atom. The van der Waals surface area contributed by atoms with Gasteiger partial charge in [-0.1, -0.05) is 0 Å². The smallest absolute Gasteiger partial charge is 0.244 e. The molecule has 11 heavy (non-hydrogen) atoms. The number of nitrogens with zero attached hydrogens (tertiary/aromatic N) is 2. The highest BCUT2D eigenvalue weighted by atomic mass is 15.3. The maximum atomic E-state index is 5.33. The number of nitrogens with two attached hydrogens (primary N) is 1. The Morgan fingerprint density at radius 3 is 2.45 bits per heavy atom. The Kier molecular flexibility index (Phi) is 1.72. The van der Waals surface area contributed by atoms with Crippen molar-refractivity contribution in [3.05, 3.63) is 0 Å². The number of aromatic nitrogens is 3. The molecule has 0 atom stereocenters. The highest BCUT2D eigenvalue weighted by Crippen LogP contribution is 2.08. The molecule has 0 saturated heterocycles. The fourth-order valence-corrected chi connectivity index (χ4v) is 0.666. The summed E-state index contributed by atoms with van der Waals surface area (Å²) in [7, 11) is 0. The predicted octanol–water partition coefficient (Wildman–Crippen LogP) is 0.597. The van der Waals surface area contributed by atoms with Gasteiger partial charge in [-0.3, -0.25) is 0 Å². The van der Waals surface area contributed by atoms with Crippen molar-refractivity contribution in [3.8, 4) is 0 Å². The molecule has 0 unspecified atom stereocenters. The van der Waals surface area contributed by atoms with Crippen LogP contribution in [0.3, 0.4) is 0 Å². The maximum Gasteiger partial charge on any atom is 0.244 e. The molecule has 5 heteroatoms. The lowest BCUT2D eigenvalue weighted by Gasteiger charge is -2.18. The minimum absolute atomic E-state index is 0.0331. The molecule has 0 aliphatic rings. The molecular formula is C6H13N5. The molecule has 1 rings (SSSR count). The summed E-state index contributed by atoms with van der Waals surface area (Å²) in [6.45, 7) is 6.08. The first-order valence-electron chi connectivity index (χ1n) is 3.43. The summed E-state index contributed by atoms with van der Waals surface area (Å²) < 4.78 is 0. The molecular weight excluding hydrogens is 142 g/mol. The topological polar surface area (TPSA) is 79.6 Å². The van der Waals surface area contributed by atoms with E-state index in [1.54, 1.807) is 0 Å². The number of hydrogen-bond donors (Lipinski definition) is 3. The lowest BCUT2D eigenvalue weighted by molar-refractivity contribution is 0.626. The van der Waals surface area contributed by atoms with E-state index in [9.17, 15) is 0 Å². The zero-order chi connectivity index (χ0) is 8.48. The standard InChI is InChI=1S/C6H13N5/c1-6(2,3)9-5-8-4(7)10-11-5/h1-3H3,(H4,7,8,9,10,11). The molecule has 0 bridgehead atoms. The Morgan fingerprint density at radius 1 is 1.45 bits per heavy atom. The molecule has 1 heterocycles. The summed E-state index contributed by atoms with van der Waals surface area (Å²) in [4.78, 5) is 3.90. The van der Waals surface area contributed by atoms with Crippen molar-refractivity contribution in [2.24, 2.45) is 0 Å². The Hall–Kier alpha value is -1.26. The van der Waals surface area contributed by atoms with Gasteiger partial charge in [0.1, 0.15) is 0 Å². The first-order chi connectivity index (χ1) is 4.97. The van der Waals surface area contributed by atoms with Crippen molar-refractivity contribution in [3.63, 3.8) is 0 Å². The zero-order valence-corrected chi connectivity index (χ0v) is 6.97. The van der Waals surface area contributed by atoms with Gasteiger partial charge in [0.05, 0.1) is 0 Å². The fraction of sp³-hybridized carbons (Fsp3) is 0.667. The van der Waals surface area contributed by atoms with Crippen LogP contribution in [0.15, 0.2) is 0 Å². The van der Waals surface area contributed by atoms with Gasteiger partial charge in [0.15, 0.2) is 0 Å². The van der Waals surface area contributed by atoms with Gasteiger partial charge in [-0.15, -0.1) is 5.10 Å². The molecule has 0 fully saturated rings. The number of nitrogen functional groups attached to an aromatic ring is 1. The molecule has 1 aromatic rings. The van der Waals surface area contributed by atoms with Crippen molar-refractivity contribution in [1.29, 1.82) is 0 Å². The first-order valence-corrected chi connectivity index (χ1v) is 3.43. The van der Waals surface area contributed by atoms with Crippen molar-refractivity contribution in [2.45, 2.75) is 26.3 Å². The van der Waals surface area contributed by atoms with Crippen molar-refractivity contribution in [1.82, 2.24) is 15.2 Å². The first kappa shape index (κ1) is 7.84. The summed E-state index contributed by atoms with van der Waals surface area (Å²) in [5.74, 6) is 0.867. The average molecular weight is 155 g/mol. The molecule has 0 saturated carbocycles. The largest absolute Gasteiger partial charge is 0.368 e. The van der Waals surface area contributed by atoms with Gasteiger partial charge in [0.2, 0.25) is 11.9 Å². The molecule has 0 radical (unpaired) electrons. The van der Waals surface area contributed by atoms with Gasteiger partial charge in [-0.05, 0) is 20.8 Å². The second kappa shape index (κ2) is 2.41. The van der Waals surface area contributed by atoms with Crippen LogP contribution in [0.4, 0.5) is 11.9 Å².